The molecule has 4 heteroatoms. The number of aryl methyl sites for hydroxylation is 1. The molecule has 0 radical (unpaired) electrons. The summed E-state index contributed by atoms with van der Waals surface area (Å²) < 4.78 is 0. The first kappa shape index (κ1) is 31.2. The van der Waals surface area contributed by atoms with Gasteiger partial charge >= 0.3 is 0 Å². The molecule has 1 saturated heterocycles. The number of nitrogens with one attached hydrogen (secondary N) is 2. The lowest BCUT2D eigenvalue weighted by Gasteiger charge is -2.54. The molecule has 1 aliphatic heterocycles. The molecule has 0 saturated carbocycles. The van der Waals surface area contributed by atoms with E-state index in [0.29, 0.717) is 0 Å². The summed E-state index contributed by atoms with van der Waals surface area (Å²) >= 11 is 0. The number of piperazine rings is 1. The maximum absolute atomic E-state index is 5.59. The van der Waals surface area contributed by atoms with E-state index >= 15 is 0 Å². The summed E-state index contributed by atoms with van der Waals surface area (Å²) in [4.78, 5) is 12.1. The van der Waals surface area contributed by atoms with Crippen molar-refractivity contribution in [1.29, 1.82) is 0 Å². The van der Waals surface area contributed by atoms with Crippen LogP contribution in [0.2, 0.25) is 0 Å². The summed E-state index contributed by atoms with van der Waals surface area (Å²) in [6.45, 7) is 25.1. The van der Waals surface area contributed by atoms with E-state index in [-0.39, 0.29) is 22.7 Å². The maximum atomic E-state index is 5.59. The predicted octanol–water partition coefficient (Wildman–Crippen LogP) is 8.57. The Bertz CT molecular complexity index is 1460. The van der Waals surface area contributed by atoms with Crippen LogP contribution in [0, 0.1) is 12.8 Å². The zero-order valence-corrected chi connectivity index (χ0v) is 27.9. The number of rotatable bonds is 7. The molecule has 1 aliphatic rings. The van der Waals surface area contributed by atoms with Crippen LogP contribution in [0.25, 0.3) is 11.4 Å². The smallest absolute Gasteiger partial charge is 0.137 e. The molecule has 4 aromatic rings. The molecule has 1 fully saturated rings. The van der Waals surface area contributed by atoms with Gasteiger partial charge in [-0.05, 0) is 45.9 Å². The van der Waals surface area contributed by atoms with E-state index in [2.05, 4.69) is 156 Å². The van der Waals surface area contributed by atoms with Crippen molar-refractivity contribution in [2.45, 2.75) is 84.6 Å². The summed E-state index contributed by atoms with van der Waals surface area (Å²) in [7, 11) is 0. The third-order valence-corrected chi connectivity index (χ3v) is 9.43. The van der Waals surface area contributed by atoms with E-state index in [1.165, 1.54) is 27.9 Å². The van der Waals surface area contributed by atoms with Gasteiger partial charge in [-0.25, -0.2) is 4.98 Å². The molecule has 228 valence electrons. The normalized spacial score (nSPS) is 16.5. The van der Waals surface area contributed by atoms with Crippen LogP contribution in [0.3, 0.4) is 0 Å². The highest BCUT2D eigenvalue weighted by molar-refractivity contribution is 5.58. The van der Waals surface area contributed by atoms with Gasteiger partial charge in [-0.15, -0.1) is 0 Å². The first-order valence-electron chi connectivity index (χ1n) is 16.1. The van der Waals surface area contributed by atoms with Crippen LogP contribution in [0.4, 0.5) is 0 Å². The Balaban J connectivity index is 1.93. The van der Waals surface area contributed by atoms with Gasteiger partial charge in [0.1, 0.15) is 5.82 Å². The number of hydrogen-bond donors (Lipinski definition) is 2. The van der Waals surface area contributed by atoms with Gasteiger partial charge in [0.25, 0.3) is 0 Å². The summed E-state index contributed by atoms with van der Waals surface area (Å²) in [5.41, 5.74) is 8.61. The van der Waals surface area contributed by atoms with Gasteiger partial charge in [0.05, 0.1) is 11.2 Å². The van der Waals surface area contributed by atoms with Crippen molar-refractivity contribution in [2.24, 2.45) is 5.92 Å². The second kappa shape index (κ2) is 12.1. The molecule has 1 aromatic heterocycles. The first-order valence-corrected chi connectivity index (χ1v) is 16.1. The van der Waals surface area contributed by atoms with Gasteiger partial charge in [0.2, 0.25) is 0 Å². The van der Waals surface area contributed by atoms with Crippen molar-refractivity contribution in [3.63, 3.8) is 0 Å². The average molecular weight is 577 g/mol. The lowest BCUT2D eigenvalue weighted by Crippen LogP contribution is -2.60. The van der Waals surface area contributed by atoms with Crippen molar-refractivity contribution in [3.05, 3.63) is 113 Å². The molecule has 0 bridgehead atoms. The average Bonchev–Trinajstić information content (AvgIpc) is 3.37. The van der Waals surface area contributed by atoms with Crippen molar-refractivity contribution in [1.82, 2.24) is 20.2 Å². The van der Waals surface area contributed by atoms with Crippen molar-refractivity contribution >= 4 is 0 Å². The van der Waals surface area contributed by atoms with Crippen molar-refractivity contribution < 1.29 is 0 Å². The minimum atomic E-state index is -0.404. The second-order valence-corrected chi connectivity index (χ2v) is 14.7. The van der Waals surface area contributed by atoms with E-state index in [4.69, 9.17) is 4.98 Å². The molecule has 4 nitrogen and oxygen atoms in total. The van der Waals surface area contributed by atoms with Gasteiger partial charge in [0, 0.05) is 43.4 Å². The third kappa shape index (κ3) is 5.84. The summed E-state index contributed by atoms with van der Waals surface area (Å²) in [5.74, 6) is 1.27. The highest BCUT2D eigenvalue weighted by Crippen LogP contribution is 2.54. The Hall–Kier alpha value is -3.21. The fraction of sp³-hybridized carbons (Fsp3) is 0.462. The standard InChI is InChI=1S/C39H52N4/c1-27(2)39(43-25-23-40-24-26-43,35-28(3)41-36(42-35)29-17-11-10-12-18-29)34(30-19-13-15-21-32(30)37(4,5)6)31-20-14-16-22-33(31)38(7,8)9/h10-22,27,34,40H,23-26H2,1-9H3,(H,41,42). The third-order valence-electron chi connectivity index (χ3n) is 9.43. The van der Waals surface area contributed by atoms with E-state index in [0.717, 1.165) is 43.3 Å². The van der Waals surface area contributed by atoms with Gasteiger partial charge in [-0.2, -0.15) is 0 Å². The van der Waals surface area contributed by atoms with Gasteiger partial charge < -0.3 is 10.3 Å². The van der Waals surface area contributed by atoms with E-state index in [1.807, 2.05) is 0 Å². The van der Waals surface area contributed by atoms with Crippen LogP contribution in [0.5, 0.6) is 0 Å². The largest absolute Gasteiger partial charge is 0.342 e. The van der Waals surface area contributed by atoms with Gasteiger partial charge in [-0.3, -0.25) is 4.90 Å². The molecular weight excluding hydrogens is 524 g/mol. The zero-order valence-electron chi connectivity index (χ0n) is 27.9. The quantitative estimate of drug-likeness (QED) is 0.232. The van der Waals surface area contributed by atoms with Crippen LogP contribution in [0.15, 0.2) is 78.9 Å². The molecule has 5 rings (SSSR count). The van der Waals surface area contributed by atoms with Crippen molar-refractivity contribution in [3.8, 4) is 11.4 Å². The Morgan fingerprint density at radius 2 is 1.19 bits per heavy atom. The van der Waals surface area contributed by atoms with Crippen LogP contribution < -0.4 is 5.32 Å². The Morgan fingerprint density at radius 1 is 0.698 bits per heavy atom. The topological polar surface area (TPSA) is 44.0 Å². The molecule has 2 N–H and O–H groups in total. The molecule has 0 spiro atoms. The minimum absolute atomic E-state index is 0.0203. The number of nitrogens with zero attached hydrogens (tertiary/aromatic N) is 2. The van der Waals surface area contributed by atoms with Crippen LogP contribution in [0.1, 0.15) is 94.9 Å². The summed E-state index contributed by atoms with van der Waals surface area (Å²) in [6.07, 6.45) is 0. The fourth-order valence-electron chi connectivity index (χ4n) is 7.56. The maximum Gasteiger partial charge on any atom is 0.137 e. The lowest BCUT2D eigenvalue weighted by molar-refractivity contribution is 0.0101. The molecule has 3 aromatic carbocycles. The minimum Gasteiger partial charge on any atom is -0.342 e. The number of hydrogen-bond acceptors (Lipinski definition) is 3. The van der Waals surface area contributed by atoms with Crippen LogP contribution >= 0.6 is 0 Å². The second-order valence-electron chi connectivity index (χ2n) is 14.7. The summed E-state index contributed by atoms with van der Waals surface area (Å²) in [5, 5.41) is 3.64. The first-order chi connectivity index (χ1) is 20.4. The molecule has 2 heterocycles. The molecular formula is C39H52N4. The Labute approximate surface area is 260 Å². The molecule has 0 aliphatic carbocycles. The predicted molar refractivity (Wildman–Crippen MR) is 182 cm³/mol. The number of aromatic nitrogens is 2. The van der Waals surface area contributed by atoms with E-state index in [1.54, 1.807) is 0 Å². The van der Waals surface area contributed by atoms with Crippen molar-refractivity contribution in [2.75, 3.05) is 26.2 Å². The number of H-pyrrole nitrogens is 1. The van der Waals surface area contributed by atoms with E-state index < -0.39 is 5.54 Å². The Kier molecular flexibility index (Phi) is 8.75. The highest BCUT2D eigenvalue weighted by Gasteiger charge is 2.53. The fourth-order valence-corrected chi connectivity index (χ4v) is 7.56. The highest BCUT2D eigenvalue weighted by atomic mass is 15.3. The van der Waals surface area contributed by atoms with Gasteiger partial charge in [-0.1, -0.05) is 134 Å². The molecule has 43 heavy (non-hydrogen) atoms. The van der Waals surface area contributed by atoms with Gasteiger partial charge in [0.15, 0.2) is 0 Å². The Morgan fingerprint density at radius 3 is 1.67 bits per heavy atom. The number of imidazole rings is 1. The van der Waals surface area contributed by atoms with E-state index in [9.17, 15) is 0 Å². The number of aromatic amines is 1. The zero-order chi connectivity index (χ0) is 31.0. The molecule has 0 amide bonds. The lowest BCUT2D eigenvalue weighted by atomic mass is 9.61. The van der Waals surface area contributed by atoms with Crippen LogP contribution in [-0.2, 0) is 16.4 Å². The molecule has 1 atom stereocenters. The number of benzene rings is 3. The SMILES string of the molecule is Cc1[nH]c(-c2ccccc2)nc1C(C(C)C)(C(c1ccccc1C(C)(C)C)c1ccccc1C(C)(C)C)N1CCNCC1. The summed E-state index contributed by atoms with van der Waals surface area (Å²) in [6, 6.07) is 29.0. The van der Waals surface area contributed by atoms with Crippen LogP contribution in [-0.4, -0.2) is 41.0 Å². The molecule has 1 unspecified atom stereocenters. The monoisotopic (exact) mass is 576 g/mol.